The molecule has 0 atom stereocenters. The van der Waals surface area contributed by atoms with E-state index >= 15 is 0 Å². The van der Waals surface area contributed by atoms with Gasteiger partial charge in [-0.3, -0.25) is 0 Å². The molecule has 0 aliphatic heterocycles. The fourth-order valence-corrected chi connectivity index (χ4v) is 2.19. The minimum Gasteiger partial charge on any atom is -0.203 e. The third-order valence-corrected chi connectivity index (χ3v) is 3.45. The topological polar surface area (TPSA) is 0 Å². The van der Waals surface area contributed by atoms with E-state index in [1.54, 1.807) is 6.07 Å². The Labute approximate surface area is 114 Å². The van der Waals surface area contributed by atoms with Crippen molar-refractivity contribution in [2.24, 2.45) is 0 Å². The second kappa shape index (κ2) is 5.61. The highest BCUT2D eigenvalue weighted by Crippen LogP contribution is 2.28. The predicted molar refractivity (Wildman–Crippen MR) is 73.5 cm³/mol. The van der Waals surface area contributed by atoms with Crippen LogP contribution in [0.1, 0.15) is 18.9 Å². The second-order valence-electron chi connectivity index (χ2n) is 4.17. The number of hydrogen-bond donors (Lipinski definition) is 0. The molecule has 0 nitrogen and oxygen atoms in total. The first-order chi connectivity index (χ1) is 8.63. The Hall–Kier alpha value is -1.22. The van der Waals surface area contributed by atoms with E-state index in [9.17, 15) is 8.78 Å². The Morgan fingerprint density at radius 1 is 0.944 bits per heavy atom. The van der Waals surface area contributed by atoms with E-state index in [4.69, 9.17) is 0 Å². The minimum atomic E-state index is -0.842. The van der Waals surface area contributed by atoms with E-state index in [1.165, 1.54) is 11.6 Å². The van der Waals surface area contributed by atoms with Crippen LogP contribution in [-0.4, -0.2) is 0 Å². The molecule has 0 bridgehead atoms. The van der Waals surface area contributed by atoms with Gasteiger partial charge in [0, 0.05) is 5.56 Å². The number of benzene rings is 2. The first-order valence-corrected chi connectivity index (χ1v) is 6.65. The van der Waals surface area contributed by atoms with E-state index in [0.717, 1.165) is 12.8 Å². The Bertz CT molecular complexity index is 547. The lowest BCUT2D eigenvalue weighted by Gasteiger charge is -2.06. The van der Waals surface area contributed by atoms with Gasteiger partial charge in [-0.25, -0.2) is 8.78 Å². The summed E-state index contributed by atoms with van der Waals surface area (Å²) < 4.78 is 27.4. The molecule has 0 aliphatic carbocycles. The molecule has 2 aromatic rings. The van der Waals surface area contributed by atoms with Crippen LogP contribution in [0.15, 0.2) is 40.9 Å². The second-order valence-corrected chi connectivity index (χ2v) is 5.02. The molecule has 0 saturated heterocycles. The highest BCUT2D eigenvalue weighted by atomic mass is 79.9. The lowest BCUT2D eigenvalue weighted by atomic mass is 10.0. The molecule has 3 heteroatoms. The third-order valence-electron chi connectivity index (χ3n) is 2.84. The lowest BCUT2D eigenvalue weighted by molar-refractivity contribution is 0.507. The minimum absolute atomic E-state index is 0.145. The first-order valence-electron chi connectivity index (χ1n) is 5.86. The summed E-state index contributed by atoms with van der Waals surface area (Å²) in [5.41, 5.74) is 2.19. The highest BCUT2D eigenvalue weighted by molar-refractivity contribution is 9.10. The van der Waals surface area contributed by atoms with Crippen LogP contribution in [0.4, 0.5) is 8.78 Å². The van der Waals surface area contributed by atoms with Crippen LogP contribution in [0.25, 0.3) is 11.1 Å². The van der Waals surface area contributed by atoms with Crippen molar-refractivity contribution in [1.29, 1.82) is 0 Å². The normalized spacial score (nSPS) is 10.7. The van der Waals surface area contributed by atoms with Crippen LogP contribution in [0.3, 0.4) is 0 Å². The molecular formula is C15H13BrF2. The first kappa shape index (κ1) is 13.2. The van der Waals surface area contributed by atoms with Gasteiger partial charge in [0.25, 0.3) is 0 Å². The van der Waals surface area contributed by atoms with E-state index < -0.39 is 11.6 Å². The molecule has 0 aliphatic rings. The number of aryl methyl sites for hydroxylation is 1. The summed E-state index contributed by atoms with van der Waals surface area (Å²) in [6.45, 7) is 2.11. The fraction of sp³-hybridized carbons (Fsp3) is 0.200. The zero-order valence-corrected chi connectivity index (χ0v) is 11.6. The molecule has 0 amide bonds. The Morgan fingerprint density at radius 3 is 2.22 bits per heavy atom. The van der Waals surface area contributed by atoms with Gasteiger partial charge in [-0.2, -0.15) is 0 Å². The van der Waals surface area contributed by atoms with Crippen LogP contribution < -0.4 is 0 Å². The maximum atomic E-state index is 13.8. The smallest absolute Gasteiger partial charge is 0.173 e. The van der Waals surface area contributed by atoms with Crippen LogP contribution in [0, 0.1) is 11.6 Å². The molecule has 0 fully saturated rings. The van der Waals surface area contributed by atoms with Gasteiger partial charge >= 0.3 is 0 Å². The van der Waals surface area contributed by atoms with Crippen molar-refractivity contribution in [3.05, 3.63) is 58.1 Å². The highest BCUT2D eigenvalue weighted by Gasteiger charge is 2.12. The van der Waals surface area contributed by atoms with E-state index in [0.29, 0.717) is 11.1 Å². The molecule has 0 radical (unpaired) electrons. The summed E-state index contributed by atoms with van der Waals surface area (Å²) in [5, 5.41) is 0. The average molecular weight is 311 g/mol. The van der Waals surface area contributed by atoms with Crippen LogP contribution in [-0.2, 0) is 6.42 Å². The van der Waals surface area contributed by atoms with Gasteiger partial charge in [0.15, 0.2) is 11.6 Å². The Morgan fingerprint density at radius 2 is 1.61 bits per heavy atom. The zero-order valence-electron chi connectivity index (χ0n) is 10.0. The van der Waals surface area contributed by atoms with Crippen molar-refractivity contribution in [2.45, 2.75) is 19.8 Å². The molecule has 2 rings (SSSR count). The van der Waals surface area contributed by atoms with Gasteiger partial charge < -0.3 is 0 Å². The summed E-state index contributed by atoms with van der Waals surface area (Å²) in [6, 6.07) is 10.7. The lowest BCUT2D eigenvalue weighted by Crippen LogP contribution is -1.91. The van der Waals surface area contributed by atoms with Gasteiger partial charge in [0.2, 0.25) is 0 Å². The molecule has 0 heterocycles. The molecule has 18 heavy (non-hydrogen) atoms. The van der Waals surface area contributed by atoms with Crippen LogP contribution in [0.2, 0.25) is 0 Å². The van der Waals surface area contributed by atoms with Crippen molar-refractivity contribution in [2.75, 3.05) is 0 Å². The molecule has 94 valence electrons. The summed E-state index contributed by atoms with van der Waals surface area (Å²) in [5.74, 6) is -1.65. The maximum absolute atomic E-state index is 13.8. The third kappa shape index (κ3) is 2.61. The zero-order chi connectivity index (χ0) is 13.1. The summed E-state index contributed by atoms with van der Waals surface area (Å²) in [6.07, 6.45) is 2.07. The number of rotatable bonds is 3. The van der Waals surface area contributed by atoms with E-state index in [1.807, 2.05) is 24.3 Å². The molecule has 0 aromatic heterocycles. The van der Waals surface area contributed by atoms with Gasteiger partial charge in [-0.15, -0.1) is 0 Å². The molecule has 0 N–H and O–H groups in total. The average Bonchev–Trinajstić information content (AvgIpc) is 2.38. The van der Waals surface area contributed by atoms with Gasteiger partial charge in [0.05, 0.1) is 4.47 Å². The predicted octanol–water partition coefficient (Wildman–Crippen LogP) is 5.35. The number of halogens is 3. The Balaban J connectivity index is 2.40. The molecule has 2 aromatic carbocycles. The molecule has 0 unspecified atom stereocenters. The quantitative estimate of drug-likeness (QED) is 0.671. The van der Waals surface area contributed by atoms with Crippen molar-refractivity contribution < 1.29 is 8.78 Å². The van der Waals surface area contributed by atoms with Crippen molar-refractivity contribution in [3.63, 3.8) is 0 Å². The van der Waals surface area contributed by atoms with Crippen molar-refractivity contribution in [1.82, 2.24) is 0 Å². The molecule has 0 saturated carbocycles. The summed E-state index contributed by atoms with van der Waals surface area (Å²) >= 11 is 2.97. The van der Waals surface area contributed by atoms with Gasteiger partial charge in [-0.1, -0.05) is 43.7 Å². The van der Waals surface area contributed by atoms with E-state index in [2.05, 4.69) is 22.9 Å². The standard InChI is InChI=1S/C15H13BrF2/c1-2-3-10-4-6-11(7-5-10)12-8-9-13(16)15(18)14(12)17/h4-9H,2-3H2,1H3. The van der Waals surface area contributed by atoms with Crippen molar-refractivity contribution >= 4 is 15.9 Å². The molecular weight excluding hydrogens is 298 g/mol. The maximum Gasteiger partial charge on any atom is 0.173 e. The monoisotopic (exact) mass is 310 g/mol. The fourth-order valence-electron chi connectivity index (χ4n) is 1.89. The SMILES string of the molecule is CCCc1ccc(-c2ccc(Br)c(F)c2F)cc1. The van der Waals surface area contributed by atoms with Crippen molar-refractivity contribution in [3.8, 4) is 11.1 Å². The Kier molecular flexibility index (Phi) is 4.12. The van der Waals surface area contributed by atoms with Crippen LogP contribution >= 0.6 is 15.9 Å². The summed E-state index contributed by atoms with van der Waals surface area (Å²) in [4.78, 5) is 0. The van der Waals surface area contributed by atoms with Gasteiger partial charge in [0.1, 0.15) is 0 Å². The summed E-state index contributed by atoms with van der Waals surface area (Å²) in [7, 11) is 0. The number of hydrogen-bond acceptors (Lipinski definition) is 0. The molecule has 0 spiro atoms. The largest absolute Gasteiger partial charge is 0.203 e. The van der Waals surface area contributed by atoms with Crippen LogP contribution in [0.5, 0.6) is 0 Å². The van der Waals surface area contributed by atoms with E-state index in [-0.39, 0.29) is 4.47 Å². The van der Waals surface area contributed by atoms with Gasteiger partial charge in [-0.05, 0) is 39.5 Å².